The first-order chi connectivity index (χ1) is 13.6. The normalized spacial score (nSPS) is 24.9. The standard InChI is InChI=1S/C19H26N4O5/c24-19(20-3-4-21-5-8-27-9-6-21)16-12-14-11-15(23(25)26)1-2-17(14)22-7-10-28-13-18(16)22/h1-2,11,16,18H,3-10,12-13H2,(H,20,24)/t16-,18-/m1/s1. The van der Waals surface area contributed by atoms with Crippen molar-refractivity contribution in [2.24, 2.45) is 5.92 Å². The van der Waals surface area contributed by atoms with Gasteiger partial charge in [-0.25, -0.2) is 0 Å². The molecular formula is C19H26N4O5. The molecule has 9 heteroatoms. The third kappa shape index (κ3) is 3.96. The molecule has 0 aromatic heterocycles. The molecule has 152 valence electrons. The van der Waals surface area contributed by atoms with Gasteiger partial charge >= 0.3 is 0 Å². The van der Waals surface area contributed by atoms with Crippen LogP contribution in [0.25, 0.3) is 0 Å². The van der Waals surface area contributed by atoms with Crippen LogP contribution >= 0.6 is 0 Å². The number of fused-ring (bicyclic) bond motifs is 3. The lowest BCUT2D eigenvalue weighted by atomic mass is 9.84. The van der Waals surface area contributed by atoms with E-state index in [4.69, 9.17) is 9.47 Å². The van der Waals surface area contributed by atoms with Gasteiger partial charge in [0.25, 0.3) is 5.69 Å². The summed E-state index contributed by atoms with van der Waals surface area (Å²) in [6, 6.07) is 4.91. The number of non-ortho nitro benzene ring substituents is 1. The zero-order valence-electron chi connectivity index (χ0n) is 15.8. The molecule has 9 nitrogen and oxygen atoms in total. The maximum absolute atomic E-state index is 13.0. The van der Waals surface area contributed by atoms with E-state index in [1.807, 2.05) is 0 Å². The van der Waals surface area contributed by atoms with Crippen molar-refractivity contribution in [2.45, 2.75) is 12.5 Å². The van der Waals surface area contributed by atoms with Crippen LogP contribution in [0.1, 0.15) is 5.56 Å². The Bertz CT molecular complexity index is 737. The number of nitro groups is 1. The molecule has 1 aromatic rings. The molecule has 0 aliphatic carbocycles. The van der Waals surface area contributed by atoms with Crippen LogP contribution in [0.2, 0.25) is 0 Å². The third-order valence-corrected chi connectivity index (χ3v) is 5.82. The van der Waals surface area contributed by atoms with Gasteiger partial charge in [-0.1, -0.05) is 0 Å². The number of nitrogens with one attached hydrogen (secondary N) is 1. The number of benzene rings is 1. The highest BCUT2D eigenvalue weighted by atomic mass is 16.6. The second-order valence-corrected chi connectivity index (χ2v) is 7.46. The Morgan fingerprint density at radius 1 is 1.21 bits per heavy atom. The number of morpholine rings is 2. The van der Waals surface area contributed by atoms with Crippen molar-refractivity contribution in [3.05, 3.63) is 33.9 Å². The highest BCUT2D eigenvalue weighted by Crippen LogP contribution is 2.37. The van der Waals surface area contributed by atoms with Gasteiger partial charge in [0.2, 0.25) is 5.91 Å². The van der Waals surface area contributed by atoms with Crippen LogP contribution < -0.4 is 10.2 Å². The van der Waals surface area contributed by atoms with Gasteiger partial charge in [0.1, 0.15) is 0 Å². The van der Waals surface area contributed by atoms with Crippen LogP contribution in [0.15, 0.2) is 18.2 Å². The number of nitrogens with zero attached hydrogens (tertiary/aromatic N) is 3. The topological polar surface area (TPSA) is 97.2 Å². The van der Waals surface area contributed by atoms with Crippen LogP contribution in [0.4, 0.5) is 11.4 Å². The van der Waals surface area contributed by atoms with Crippen LogP contribution in [-0.2, 0) is 20.7 Å². The smallest absolute Gasteiger partial charge is 0.269 e. The second-order valence-electron chi connectivity index (χ2n) is 7.46. The van der Waals surface area contributed by atoms with E-state index in [1.165, 1.54) is 6.07 Å². The molecule has 0 saturated carbocycles. The van der Waals surface area contributed by atoms with E-state index in [-0.39, 0.29) is 28.5 Å². The van der Waals surface area contributed by atoms with Gasteiger partial charge in [0.05, 0.1) is 43.3 Å². The average molecular weight is 390 g/mol. The van der Waals surface area contributed by atoms with Gasteiger partial charge in [0.15, 0.2) is 0 Å². The molecule has 0 unspecified atom stereocenters. The fraction of sp³-hybridized carbons (Fsp3) is 0.632. The Labute approximate surface area is 163 Å². The molecule has 0 spiro atoms. The van der Waals surface area contributed by atoms with Gasteiger partial charge in [-0.05, 0) is 18.1 Å². The number of carbonyl (C=O) groups is 1. The number of nitro benzene ring substituents is 1. The van der Waals surface area contributed by atoms with E-state index in [0.717, 1.165) is 44.1 Å². The van der Waals surface area contributed by atoms with Crippen molar-refractivity contribution >= 4 is 17.3 Å². The summed E-state index contributed by atoms with van der Waals surface area (Å²) < 4.78 is 11.0. The molecule has 3 aliphatic rings. The van der Waals surface area contributed by atoms with Crippen molar-refractivity contribution in [3.63, 3.8) is 0 Å². The van der Waals surface area contributed by atoms with E-state index in [1.54, 1.807) is 12.1 Å². The molecule has 2 saturated heterocycles. The molecule has 1 aromatic carbocycles. The van der Waals surface area contributed by atoms with Gasteiger partial charge in [0, 0.05) is 50.5 Å². The highest BCUT2D eigenvalue weighted by Gasteiger charge is 2.40. The van der Waals surface area contributed by atoms with Crippen molar-refractivity contribution in [3.8, 4) is 0 Å². The summed E-state index contributed by atoms with van der Waals surface area (Å²) in [4.78, 5) is 28.2. The van der Waals surface area contributed by atoms with Crippen LogP contribution in [0, 0.1) is 16.0 Å². The maximum atomic E-state index is 13.0. The summed E-state index contributed by atoms with van der Waals surface area (Å²) in [6.07, 6.45) is 0.491. The minimum absolute atomic E-state index is 0.00841. The lowest BCUT2D eigenvalue weighted by Gasteiger charge is -2.45. The number of amides is 1. The van der Waals surface area contributed by atoms with E-state index in [9.17, 15) is 14.9 Å². The van der Waals surface area contributed by atoms with E-state index in [0.29, 0.717) is 32.7 Å². The number of carbonyl (C=O) groups excluding carboxylic acids is 1. The minimum Gasteiger partial charge on any atom is -0.379 e. The summed E-state index contributed by atoms with van der Waals surface area (Å²) in [5, 5.41) is 14.2. The van der Waals surface area contributed by atoms with Crippen LogP contribution in [-0.4, -0.2) is 80.9 Å². The zero-order valence-corrected chi connectivity index (χ0v) is 15.8. The Balaban J connectivity index is 1.45. The van der Waals surface area contributed by atoms with Crippen molar-refractivity contribution < 1.29 is 19.2 Å². The first kappa shape index (κ1) is 19.1. The van der Waals surface area contributed by atoms with E-state index >= 15 is 0 Å². The minimum atomic E-state index is -0.386. The molecule has 0 bridgehead atoms. The summed E-state index contributed by atoms with van der Waals surface area (Å²) in [5.41, 5.74) is 1.91. The lowest BCUT2D eigenvalue weighted by Crippen LogP contribution is -2.57. The van der Waals surface area contributed by atoms with Gasteiger partial charge in [-0.3, -0.25) is 19.8 Å². The van der Waals surface area contributed by atoms with Gasteiger partial charge < -0.3 is 19.7 Å². The molecular weight excluding hydrogens is 364 g/mol. The Kier molecular flexibility index (Phi) is 5.74. The van der Waals surface area contributed by atoms with E-state index in [2.05, 4.69) is 15.1 Å². The molecule has 1 N–H and O–H groups in total. The monoisotopic (exact) mass is 390 g/mol. The highest BCUT2D eigenvalue weighted by molar-refractivity contribution is 5.82. The number of ether oxygens (including phenoxy) is 2. The summed E-state index contributed by atoms with van der Waals surface area (Å²) >= 11 is 0. The predicted octanol–water partition coefficient (Wildman–Crippen LogP) is 0.421. The van der Waals surface area contributed by atoms with Crippen LogP contribution in [0.5, 0.6) is 0 Å². The number of hydrogen-bond donors (Lipinski definition) is 1. The second kappa shape index (κ2) is 8.42. The summed E-state index contributed by atoms with van der Waals surface area (Å²) in [5.74, 6) is -0.287. The average Bonchev–Trinajstić information content (AvgIpc) is 2.73. The Hall–Kier alpha value is -2.23. The lowest BCUT2D eigenvalue weighted by molar-refractivity contribution is -0.384. The largest absolute Gasteiger partial charge is 0.379 e. The molecule has 2 fully saturated rings. The Morgan fingerprint density at radius 2 is 2.00 bits per heavy atom. The molecule has 3 aliphatic heterocycles. The molecule has 28 heavy (non-hydrogen) atoms. The van der Waals surface area contributed by atoms with Crippen molar-refractivity contribution in [2.75, 3.05) is 64.1 Å². The third-order valence-electron chi connectivity index (χ3n) is 5.82. The quantitative estimate of drug-likeness (QED) is 0.575. The number of hydrogen-bond acceptors (Lipinski definition) is 7. The van der Waals surface area contributed by atoms with Gasteiger partial charge in [-0.15, -0.1) is 0 Å². The van der Waals surface area contributed by atoms with Crippen molar-refractivity contribution in [1.82, 2.24) is 10.2 Å². The maximum Gasteiger partial charge on any atom is 0.269 e. The molecule has 4 rings (SSSR count). The zero-order chi connectivity index (χ0) is 19.5. The molecule has 1 amide bonds. The summed E-state index contributed by atoms with van der Waals surface area (Å²) in [6.45, 7) is 6.42. The fourth-order valence-corrected chi connectivity index (χ4v) is 4.32. The van der Waals surface area contributed by atoms with E-state index < -0.39 is 0 Å². The SMILES string of the molecule is O=C(NCCN1CCOCC1)[C@@H]1Cc2cc([N+](=O)[O-])ccc2N2CCOC[C@H]12. The van der Waals surface area contributed by atoms with Gasteiger partial charge in [-0.2, -0.15) is 0 Å². The van der Waals surface area contributed by atoms with Crippen LogP contribution in [0.3, 0.4) is 0 Å². The first-order valence-corrected chi connectivity index (χ1v) is 9.83. The predicted molar refractivity (Wildman–Crippen MR) is 103 cm³/mol. The van der Waals surface area contributed by atoms with Crippen molar-refractivity contribution in [1.29, 1.82) is 0 Å². The summed E-state index contributed by atoms with van der Waals surface area (Å²) in [7, 11) is 0. The molecule has 0 radical (unpaired) electrons. The molecule has 2 atom stereocenters. The number of rotatable bonds is 5. The number of anilines is 1. The molecule has 3 heterocycles. The first-order valence-electron chi connectivity index (χ1n) is 9.83. The Morgan fingerprint density at radius 3 is 2.79 bits per heavy atom. The fourth-order valence-electron chi connectivity index (χ4n) is 4.32.